The van der Waals surface area contributed by atoms with Gasteiger partial charge in [-0.25, -0.2) is 9.97 Å². The molecule has 2 aromatic heterocycles. The fourth-order valence-corrected chi connectivity index (χ4v) is 4.35. The third-order valence-corrected chi connectivity index (χ3v) is 5.35. The molecule has 2 fully saturated rings. The Morgan fingerprint density at radius 2 is 2.00 bits per heavy atom. The molecule has 6 heteroatoms. The third kappa shape index (κ3) is 2.34. The van der Waals surface area contributed by atoms with Crippen molar-refractivity contribution in [1.82, 2.24) is 9.97 Å². The Morgan fingerprint density at radius 3 is 2.73 bits per heavy atom. The first-order chi connectivity index (χ1) is 10.5. The second kappa shape index (κ2) is 5.07. The lowest BCUT2D eigenvalue weighted by molar-refractivity contribution is -0.118. The van der Waals surface area contributed by atoms with Crippen LogP contribution in [0.2, 0.25) is 10.3 Å². The van der Waals surface area contributed by atoms with Crippen molar-refractivity contribution in [1.29, 1.82) is 0 Å². The number of fused-ring (bicyclic) bond motifs is 2. The third-order valence-electron chi connectivity index (χ3n) is 4.87. The molecule has 0 aliphatic heterocycles. The molecule has 2 aliphatic carbocycles. The van der Waals surface area contributed by atoms with Gasteiger partial charge in [0.2, 0.25) is 5.91 Å². The highest BCUT2D eigenvalue weighted by Gasteiger charge is 2.58. The zero-order valence-corrected chi connectivity index (χ0v) is 13.5. The van der Waals surface area contributed by atoms with Crippen molar-refractivity contribution >= 4 is 45.7 Å². The van der Waals surface area contributed by atoms with Crippen LogP contribution in [0.25, 0.3) is 10.8 Å². The summed E-state index contributed by atoms with van der Waals surface area (Å²) in [5.41, 5.74) is 0. The van der Waals surface area contributed by atoms with E-state index < -0.39 is 0 Å². The number of anilines is 1. The van der Waals surface area contributed by atoms with Crippen LogP contribution in [0.4, 0.5) is 5.82 Å². The van der Waals surface area contributed by atoms with Crippen molar-refractivity contribution in [2.45, 2.75) is 19.8 Å². The Morgan fingerprint density at radius 1 is 1.27 bits per heavy atom. The summed E-state index contributed by atoms with van der Waals surface area (Å²) in [7, 11) is 0. The molecule has 2 aromatic rings. The molecular formula is C16H15Cl2N3O. The molecule has 4 atom stereocenters. The molecular weight excluding hydrogens is 321 g/mol. The number of aromatic nitrogens is 2. The number of carbonyl (C=O) groups excluding carboxylic acids is 1. The summed E-state index contributed by atoms with van der Waals surface area (Å²) in [5, 5.41) is 5.11. The Hall–Kier alpha value is -1.39. The van der Waals surface area contributed by atoms with Crippen molar-refractivity contribution in [3.05, 3.63) is 28.6 Å². The molecule has 4 nitrogen and oxygen atoms in total. The topological polar surface area (TPSA) is 54.9 Å². The van der Waals surface area contributed by atoms with Crippen molar-refractivity contribution in [3.63, 3.8) is 0 Å². The van der Waals surface area contributed by atoms with E-state index in [9.17, 15) is 4.79 Å². The van der Waals surface area contributed by atoms with Gasteiger partial charge in [-0.05, 0) is 48.1 Å². The molecule has 2 aliphatic rings. The van der Waals surface area contributed by atoms with E-state index in [1.807, 2.05) is 0 Å². The van der Waals surface area contributed by atoms with Gasteiger partial charge in [0.25, 0.3) is 0 Å². The van der Waals surface area contributed by atoms with Crippen molar-refractivity contribution in [3.8, 4) is 0 Å². The van der Waals surface area contributed by atoms with E-state index >= 15 is 0 Å². The van der Waals surface area contributed by atoms with Gasteiger partial charge in [0.15, 0.2) is 0 Å². The quantitative estimate of drug-likeness (QED) is 0.838. The molecule has 114 valence electrons. The molecule has 2 heterocycles. The van der Waals surface area contributed by atoms with Crippen LogP contribution in [0.15, 0.2) is 18.3 Å². The highest BCUT2D eigenvalue weighted by atomic mass is 35.5. The molecule has 0 spiro atoms. The number of carbonyl (C=O) groups is 1. The Kier molecular flexibility index (Phi) is 3.27. The van der Waals surface area contributed by atoms with E-state index in [1.54, 1.807) is 18.3 Å². The molecule has 22 heavy (non-hydrogen) atoms. The number of amides is 1. The fraction of sp³-hybridized carbons (Fsp3) is 0.438. The molecule has 4 rings (SSSR count). The van der Waals surface area contributed by atoms with Crippen molar-refractivity contribution in [2.75, 3.05) is 5.32 Å². The lowest BCUT2D eigenvalue weighted by Gasteiger charge is -2.10. The summed E-state index contributed by atoms with van der Waals surface area (Å²) >= 11 is 12.0. The van der Waals surface area contributed by atoms with Gasteiger partial charge in [0, 0.05) is 17.5 Å². The SMILES string of the molecule is CC1C[C@@H]2[C@H](C1)[C@H]2C(=O)Nc1cc2cc(Cl)nc(Cl)c2cn1. The molecule has 2 saturated carbocycles. The number of pyridine rings is 2. The minimum atomic E-state index is 0.0833. The van der Waals surface area contributed by atoms with Crippen LogP contribution in [0.1, 0.15) is 19.8 Å². The van der Waals surface area contributed by atoms with Crippen LogP contribution in [0.5, 0.6) is 0 Å². The summed E-state index contributed by atoms with van der Waals surface area (Å²) in [4.78, 5) is 20.6. The van der Waals surface area contributed by atoms with Crippen LogP contribution in [-0.4, -0.2) is 15.9 Å². The number of nitrogens with one attached hydrogen (secondary N) is 1. The number of nitrogens with zero attached hydrogens (tertiary/aromatic N) is 2. The highest BCUT2D eigenvalue weighted by Crippen LogP contribution is 2.59. The molecule has 0 saturated heterocycles. The number of rotatable bonds is 2. The Bertz CT molecular complexity index is 767. The maximum absolute atomic E-state index is 12.3. The fourth-order valence-electron chi connectivity index (χ4n) is 3.86. The van der Waals surface area contributed by atoms with Crippen molar-refractivity contribution < 1.29 is 4.79 Å². The summed E-state index contributed by atoms with van der Waals surface area (Å²) in [6, 6.07) is 3.50. The van der Waals surface area contributed by atoms with E-state index in [0.29, 0.717) is 28.0 Å². The van der Waals surface area contributed by atoms with Gasteiger partial charge in [-0.15, -0.1) is 0 Å². The largest absolute Gasteiger partial charge is 0.310 e. The second-order valence-corrected chi connectivity index (χ2v) is 7.19. The van der Waals surface area contributed by atoms with Gasteiger partial charge in [-0.2, -0.15) is 0 Å². The van der Waals surface area contributed by atoms with E-state index in [2.05, 4.69) is 22.2 Å². The van der Waals surface area contributed by atoms with E-state index in [-0.39, 0.29) is 11.8 Å². The molecule has 1 unspecified atom stereocenters. The average molecular weight is 336 g/mol. The first-order valence-corrected chi connectivity index (χ1v) is 8.21. The van der Waals surface area contributed by atoms with E-state index in [1.165, 1.54) is 12.8 Å². The molecule has 0 aromatic carbocycles. The number of hydrogen-bond acceptors (Lipinski definition) is 3. The predicted molar refractivity (Wildman–Crippen MR) is 87.1 cm³/mol. The minimum absolute atomic E-state index is 0.0833. The average Bonchev–Trinajstić information content (AvgIpc) is 2.96. The zero-order valence-electron chi connectivity index (χ0n) is 12.0. The summed E-state index contributed by atoms with van der Waals surface area (Å²) in [5.74, 6) is 2.69. The minimum Gasteiger partial charge on any atom is -0.310 e. The zero-order chi connectivity index (χ0) is 15.4. The van der Waals surface area contributed by atoms with Crippen LogP contribution in [-0.2, 0) is 4.79 Å². The van der Waals surface area contributed by atoms with Crippen LogP contribution in [0, 0.1) is 23.7 Å². The van der Waals surface area contributed by atoms with Gasteiger partial charge in [-0.3, -0.25) is 4.79 Å². The first kappa shape index (κ1) is 14.2. The Balaban J connectivity index is 1.54. The summed E-state index contributed by atoms with van der Waals surface area (Å²) in [6.07, 6.45) is 3.96. The van der Waals surface area contributed by atoms with Gasteiger partial charge < -0.3 is 5.32 Å². The van der Waals surface area contributed by atoms with Gasteiger partial charge in [-0.1, -0.05) is 30.1 Å². The molecule has 0 bridgehead atoms. The lowest BCUT2D eigenvalue weighted by atomic mass is 10.0. The summed E-state index contributed by atoms with van der Waals surface area (Å²) < 4.78 is 0. The first-order valence-electron chi connectivity index (χ1n) is 7.45. The highest BCUT2D eigenvalue weighted by molar-refractivity contribution is 6.36. The number of halogens is 2. The summed E-state index contributed by atoms with van der Waals surface area (Å²) in [6.45, 7) is 2.26. The second-order valence-electron chi connectivity index (χ2n) is 6.45. The van der Waals surface area contributed by atoms with Gasteiger partial charge >= 0.3 is 0 Å². The smallest absolute Gasteiger partial charge is 0.229 e. The Labute approximate surface area is 138 Å². The normalized spacial score (nSPS) is 29.4. The van der Waals surface area contributed by atoms with Crippen LogP contribution in [0.3, 0.4) is 0 Å². The monoisotopic (exact) mass is 335 g/mol. The maximum atomic E-state index is 12.3. The van der Waals surface area contributed by atoms with Gasteiger partial charge in [0.05, 0.1) is 0 Å². The van der Waals surface area contributed by atoms with E-state index in [0.717, 1.165) is 16.7 Å². The molecule has 1 N–H and O–H groups in total. The van der Waals surface area contributed by atoms with Gasteiger partial charge in [0.1, 0.15) is 16.1 Å². The molecule has 0 radical (unpaired) electrons. The maximum Gasteiger partial charge on any atom is 0.229 e. The molecule has 1 amide bonds. The van der Waals surface area contributed by atoms with Crippen LogP contribution < -0.4 is 5.32 Å². The van der Waals surface area contributed by atoms with Crippen molar-refractivity contribution in [2.24, 2.45) is 23.7 Å². The predicted octanol–water partition coefficient (Wildman–Crippen LogP) is 4.17. The standard InChI is InChI=1S/C16H15Cl2N3O/c1-7-2-9-10(3-7)14(9)16(22)21-13-5-8-4-12(17)20-15(18)11(8)6-19-13/h4-7,9-10,14H,2-3H2,1H3,(H,19,21,22)/t7?,9-,10+,14+. The lowest BCUT2D eigenvalue weighted by Crippen LogP contribution is -2.18. The van der Waals surface area contributed by atoms with E-state index in [4.69, 9.17) is 23.2 Å². The van der Waals surface area contributed by atoms with Crippen LogP contribution >= 0.6 is 23.2 Å². The number of hydrogen-bond donors (Lipinski definition) is 1.